The second-order valence-electron chi connectivity index (χ2n) is 9.35. The first-order valence-electron chi connectivity index (χ1n) is 10.9. The van der Waals surface area contributed by atoms with Crippen LogP contribution in [0.2, 0.25) is 0 Å². The van der Waals surface area contributed by atoms with Crippen molar-refractivity contribution >= 4 is 5.91 Å². The van der Waals surface area contributed by atoms with Gasteiger partial charge in [-0.15, -0.1) is 0 Å². The van der Waals surface area contributed by atoms with Crippen molar-refractivity contribution in [2.45, 2.75) is 64.5 Å². The van der Waals surface area contributed by atoms with E-state index in [1.165, 1.54) is 45.1 Å². The molecular formula is C23H34N2O2. The molecule has 4 rings (SSSR count). The average Bonchev–Trinajstić information content (AvgIpc) is 2.67. The number of piperidine rings is 3. The lowest BCUT2D eigenvalue weighted by Crippen LogP contribution is -2.64. The molecule has 1 aromatic carbocycles. The number of carbonyl (C=O) groups is 1. The summed E-state index contributed by atoms with van der Waals surface area (Å²) in [4.78, 5) is 18.1. The number of likely N-dealkylation sites (tertiary alicyclic amines) is 1. The van der Waals surface area contributed by atoms with Crippen molar-refractivity contribution in [3.8, 4) is 5.75 Å². The molecule has 3 heterocycles. The summed E-state index contributed by atoms with van der Waals surface area (Å²) in [6.45, 7) is 7.69. The Morgan fingerprint density at radius 3 is 2.63 bits per heavy atom. The minimum atomic E-state index is 0.136. The fourth-order valence-electron chi connectivity index (χ4n) is 5.76. The summed E-state index contributed by atoms with van der Waals surface area (Å²) < 4.78 is 0. The van der Waals surface area contributed by atoms with Crippen LogP contribution < -0.4 is 0 Å². The number of carbonyl (C=O) groups excluding carboxylic acids is 1. The lowest BCUT2D eigenvalue weighted by atomic mass is 9.71. The zero-order valence-corrected chi connectivity index (χ0v) is 16.8. The molecule has 0 aromatic heterocycles. The summed E-state index contributed by atoms with van der Waals surface area (Å²) in [5.41, 5.74) is 0.701. The second-order valence-corrected chi connectivity index (χ2v) is 9.35. The summed E-state index contributed by atoms with van der Waals surface area (Å²) in [5, 5.41) is 9.52. The van der Waals surface area contributed by atoms with Gasteiger partial charge in [-0.1, -0.05) is 20.3 Å². The maximum atomic E-state index is 13.1. The van der Waals surface area contributed by atoms with Crippen molar-refractivity contribution in [1.29, 1.82) is 0 Å². The number of rotatable bonds is 4. The second kappa shape index (κ2) is 7.83. The topological polar surface area (TPSA) is 43.8 Å². The van der Waals surface area contributed by atoms with Crippen LogP contribution in [0.5, 0.6) is 5.75 Å². The van der Waals surface area contributed by atoms with Crippen molar-refractivity contribution in [2.24, 2.45) is 17.8 Å². The fraction of sp³-hybridized carbons (Fsp3) is 0.696. The molecule has 148 valence electrons. The number of phenols is 1. The van der Waals surface area contributed by atoms with Crippen molar-refractivity contribution in [2.75, 3.05) is 19.6 Å². The van der Waals surface area contributed by atoms with E-state index in [0.29, 0.717) is 29.5 Å². The Kier molecular flexibility index (Phi) is 5.45. The molecule has 3 aliphatic rings. The monoisotopic (exact) mass is 370 g/mol. The lowest BCUT2D eigenvalue weighted by molar-refractivity contribution is -0.0681. The van der Waals surface area contributed by atoms with Gasteiger partial charge in [0.25, 0.3) is 5.91 Å². The maximum absolute atomic E-state index is 13.1. The highest BCUT2D eigenvalue weighted by atomic mass is 16.3. The third-order valence-corrected chi connectivity index (χ3v) is 7.06. The molecule has 3 aliphatic heterocycles. The first-order valence-corrected chi connectivity index (χ1v) is 10.9. The zero-order chi connectivity index (χ0) is 19.0. The van der Waals surface area contributed by atoms with Crippen molar-refractivity contribution < 1.29 is 9.90 Å². The first kappa shape index (κ1) is 18.8. The number of hydrogen-bond acceptors (Lipinski definition) is 3. The number of phenolic OH excluding ortho intramolecular Hbond substituents is 1. The standard InChI is InChI=1S/C23H34N2O2/c1-16(2)6-11-22-19-13-18(21-5-3-4-12-25(21)22)14-24(15-19)23(27)17-7-9-20(26)10-8-17/h7-10,16,18-19,21-22,26H,3-6,11-15H2,1-2H3/t18-,19+,21+,22+/m1/s1. The Balaban J connectivity index is 1.53. The Morgan fingerprint density at radius 2 is 1.89 bits per heavy atom. The van der Waals surface area contributed by atoms with E-state index in [1.54, 1.807) is 24.3 Å². The van der Waals surface area contributed by atoms with Crippen LogP contribution in [-0.2, 0) is 0 Å². The van der Waals surface area contributed by atoms with Gasteiger partial charge in [0.05, 0.1) is 0 Å². The van der Waals surface area contributed by atoms with Gasteiger partial charge in [0.1, 0.15) is 5.75 Å². The number of amides is 1. The van der Waals surface area contributed by atoms with Crippen LogP contribution in [0.4, 0.5) is 0 Å². The summed E-state index contributed by atoms with van der Waals surface area (Å²) in [5.74, 6) is 2.33. The number of hydrogen-bond donors (Lipinski definition) is 1. The molecule has 4 atom stereocenters. The quantitative estimate of drug-likeness (QED) is 0.866. The van der Waals surface area contributed by atoms with E-state index in [-0.39, 0.29) is 11.7 Å². The van der Waals surface area contributed by atoms with E-state index in [9.17, 15) is 9.90 Å². The smallest absolute Gasteiger partial charge is 0.253 e. The molecule has 0 unspecified atom stereocenters. The van der Waals surface area contributed by atoms with Crippen LogP contribution in [0.25, 0.3) is 0 Å². The van der Waals surface area contributed by atoms with E-state index in [2.05, 4.69) is 23.6 Å². The Hall–Kier alpha value is -1.55. The van der Waals surface area contributed by atoms with Crippen LogP contribution in [0.15, 0.2) is 24.3 Å². The molecule has 0 spiro atoms. The molecule has 0 saturated carbocycles. The molecule has 0 radical (unpaired) electrons. The molecule has 0 aliphatic carbocycles. The summed E-state index contributed by atoms with van der Waals surface area (Å²) in [7, 11) is 0. The normalized spacial score (nSPS) is 31.0. The van der Waals surface area contributed by atoms with Gasteiger partial charge in [-0.3, -0.25) is 9.69 Å². The fourth-order valence-corrected chi connectivity index (χ4v) is 5.76. The van der Waals surface area contributed by atoms with E-state index >= 15 is 0 Å². The molecule has 3 saturated heterocycles. The van der Waals surface area contributed by atoms with Gasteiger partial charge in [0.2, 0.25) is 0 Å². The van der Waals surface area contributed by atoms with E-state index in [0.717, 1.165) is 19.0 Å². The van der Waals surface area contributed by atoms with Crippen LogP contribution in [-0.4, -0.2) is 52.5 Å². The SMILES string of the molecule is CC(C)CC[C@H]1[C@H]2C[C@H](CN(C(=O)c3ccc(O)cc3)C2)[C@@H]2CCCCN21. The first-order chi connectivity index (χ1) is 13.0. The number of benzene rings is 1. The predicted molar refractivity (Wildman–Crippen MR) is 108 cm³/mol. The lowest BCUT2D eigenvalue weighted by Gasteiger charge is -2.57. The molecule has 1 amide bonds. The van der Waals surface area contributed by atoms with Crippen molar-refractivity contribution in [3.05, 3.63) is 29.8 Å². The maximum Gasteiger partial charge on any atom is 0.253 e. The van der Waals surface area contributed by atoms with Gasteiger partial charge < -0.3 is 10.0 Å². The summed E-state index contributed by atoms with van der Waals surface area (Å²) in [6, 6.07) is 8.06. The average molecular weight is 371 g/mol. The molecule has 27 heavy (non-hydrogen) atoms. The van der Waals surface area contributed by atoms with Crippen molar-refractivity contribution in [1.82, 2.24) is 9.80 Å². The van der Waals surface area contributed by atoms with Gasteiger partial charge in [0.15, 0.2) is 0 Å². The number of fused-ring (bicyclic) bond motifs is 4. The van der Waals surface area contributed by atoms with Crippen LogP contribution in [0.1, 0.15) is 62.7 Å². The van der Waals surface area contributed by atoms with Crippen LogP contribution in [0, 0.1) is 17.8 Å². The van der Waals surface area contributed by atoms with E-state index in [4.69, 9.17) is 0 Å². The number of nitrogens with zero attached hydrogens (tertiary/aromatic N) is 2. The van der Waals surface area contributed by atoms with Crippen molar-refractivity contribution in [3.63, 3.8) is 0 Å². The molecule has 1 aromatic rings. The minimum absolute atomic E-state index is 0.136. The predicted octanol–water partition coefficient (Wildman–Crippen LogP) is 4.14. The van der Waals surface area contributed by atoms with Gasteiger partial charge in [-0.05, 0) is 80.7 Å². The highest BCUT2D eigenvalue weighted by molar-refractivity contribution is 5.94. The van der Waals surface area contributed by atoms with E-state index < -0.39 is 0 Å². The third kappa shape index (κ3) is 3.87. The molecular weight excluding hydrogens is 336 g/mol. The van der Waals surface area contributed by atoms with Crippen LogP contribution >= 0.6 is 0 Å². The summed E-state index contributed by atoms with van der Waals surface area (Å²) in [6.07, 6.45) is 7.82. The molecule has 4 nitrogen and oxygen atoms in total. The van der Waals surface area contributed by atoms with Gasteiger partial charge in [-0.25, -0.2) is 0 Å². The summed E-state index contributed by atoms with van der Waals surface area (Å²) >= 11 is 0. The molecule has 4 heteroatoms. The van der Waals surface area contributed by atoms with Gasteiger partial charge in [-0.2, -0.15) is 0 Å². The number of aromatic hydroxyl groups is 1. The largest absolute Gasteiger partial charge is 0.508 e. The van der Waals surface area contributed by atoms with Crippen LogP contribution in [0.3, 0.4) is 0 Å². The Morgan fingerprint density at radius 1 is 1.15 bits per heavy atom. The molecule has 3 fully saturated rings. The Bertz CT molecular complexity index is 657. The highest BCUT2D eigenvalue weighted by Gasteiger charge is 2.47. The minimum Gasteiger partial charge on any atom is -0.508 e. The highest BCUT2D eigenvalue weighted by Crippen LogP contribution is 2.43. The van der Waals surface area contributed by atoms with Gasteiger partial charge >= 0.3 is 0 Å². The Labute approximate surface area is 163 Å². The molecule has 1 N–H and O–H groups in total. The van der Waals surface area contributed by atoms with E-state index in [1.807, 2.05) is 0 Å². The third-order valence-electron chi connectivity index (χ3n) is 7.06. The van der Waals surface area contributed by atoms with Gasteiger partial charge in [0, 0.05) is 30.7 Å². The zero-order valence-electron chi connectivity index (χ0n) is 16.8. The molecule has 2 bridgehead atoms.